The van der Waals surface area contributed by atoms with Crippen LogP contribution >= 0.6 is 22.6 Å². The van der Waals surface area contributed by atoms with Gasteiger partial charge in [0.05, 0.1) is 3.57 Å². The van der Waals surface area contributed by atoms with Crippen molar-refractivity contribution in [2.75, 3.05) is 14.1 Å². The Morgan fingerprint density at radius 3 is 2.82 bits per heavy atom. The molecule has 1 aromatic carbocycles. The molecular weight excluding hydrogens is 325 g/mol. The number of fused-ring (bicyclic) bond motifs is 1. The van der Waals surface area contributed by atoms with Gasteiger partial charge in [0.15, 0.2) is 0 Å². The van der Waals surface area contributed by atoms with Crippen LogP contribution in [-0.4, -0.2) is 24.1 Å². The highest BCUT2D eigenvalue weighted by atomic mass is 127. The summed E-state index contributed by atoms with van der Waals surface area (Å²) in [7, 11) is 4.11. The molecule has 0 heterocycles. The standard InChI is InChI=1S/C14H20INO/c1-9-5-4-6-10-7-12(15)14(17)11(13(9)10)8-16(2)3/h7,9,17H,4-6,8H2,1-3H3. The minimum absolute atomic E-state index is 0.492. The highest BCUT2D eigenvalue weighted by Crippen LogP contribution is 2.40. The fraction of sp³-hybridized carbons (Fsp3) is 0.571. The summed E-state index contributed by atoms with van der Waals surface area (Å²) in [5.41, 5.74) is 4.00. The molecule has 0 bridgehead atoms. The first kappa shape index (κ1) is 13.1. The van der Waals surface area contributed by atoms with Crippen molar-refractivity contribution in [2.45, 2.75) is 38.6 Å². The molecule has 3 heteroatoms. The van der Waals surface area contributed by atoms with Crippen LogP contribution in [0.25, 0.3) is 0 Å². The Hall–Kier alpha value is -0.290. The fourth-order valence-corrected chi connectivity index (χ4v) is 3.51. The summed E-state index contributed by atoms with van der Waals surface area (Å²) in [6.07, 6.45) is 3.68. The smallest absolute Gasteiger partial charge is 0.133 e. The van der Waals surface area contributed by atoms with Crippen molar-refractivity contribution < 1.29 is 5.11 Å². The number of halogens is 1. The third-order valence-electron chi connectivity index (χ3n) is 3.53. The molecule has 1 N–H and O–H groups in total. The van der Waals surface area contributed by atoms with Gasteiger partial charge in [-0.25, -0.2) is 0 Å². The first-order valence-corrected chi connectivity index (χ1v) is 7.26. The number of hydrogen-bond acceptors (Lipinski definition) is 2. The zero-order valence-corrected chi connectivity index (χ0v) is 12.9. The molecule has 0 saturated heterocycles. The van der Waals surface area contributed by atoms with Crippen LogP contribution < -0.4 is 0 Å². The quantitative estimate of drug-likeness (QED) is 0.830. The molecule has 1 aliphatic rings. The van der Waals surface area contributed by atoms with E-state index >= 15 is 0 Å². The van der Waals surface area contributed by atoms with Gasteiger partial charge >= 0.3 is 0 Å². The third-order valence-corrected chi connectivity index (χ3v) is 4.36. The topological polar surface area (TPSA) is 23.5 Å². The molecular formula is C14H20INO. The normalized spacial score (nSPS) is 19.5. The number of aryl methyl sites for hydroxylation is 1. The fourth-order valence-electron chi connectivity index (χ4n) is 2.80. The molecule has 94 valence electrons. The maximum atomic E-state index is 10.3. The maximum Gasteiger partial charge on any atom is 0.133 e. The van der Waals surface area contributed by atoms with Crippen molar-refractivity contribution in [1.82, 2.24) is 4.90 Å². The van der Waals surface area contributed by atoms with Gasteiger partial charge < -0.3 is 10.0 Å². The largest absolute Gasteiger partial charge is 0.506 e. The van der Waals surface area contributed by atoms with E-state index in [2.05, 4.69) is 54.6 Å². The number of nitrogens with zero attached hydrogens (tertiary/aromatic N) is 1. The van der Waals surface area contributed by atoms with E-state index in [1.165, 1.54) is 24.0 Å². The summed E-state index contributed by atoms with van der Waals surface area (Å²) < 4.78 is 0.993. The van der Waals surface area contributed by atoms with Crippen LogP contribution in [0.3, 0.4) is 0 Å². The van der Waals surface area contributed by atoms with Crippen LogP contribution in [0.4, 0.5) is 0 Å². The zero-order chi connectivity index (χ0) is 12.6. The van der Waals surface area contributed by atoms with Gasteiger partial charge in [-0.3, -0.25) is 0 Å². The van der Waals surface area contributed by atoms with E-state index in [0.29, 0.717) is 11.7 Å². The summed E-state index contributed by atoms with van der Waals surface area (Å²) in [5.74, 6) is 1.07. The molecule has 2 rings (SSSR count). The molecule has 0 spiro atoms. The van der Waals surface area contributed by atoms with Crippen LogP contribution in [-0.2, 0) is 13.0 Å². The molecule has 0 radical (unpaired) electrons. The molecule has 1 aliphatic carbocycles. The Bertz CT molecular complexity index is 429. The highest BCUT2D eigenvalue weighted by molar-refractivity contribution is 14.1. The highest BCUT2D eigenvalue weighted by Gasteiger charge is 2.23. The van der Waals surface area contributed by atoms with Gasteiger partial charge in [0.2, 0.25) is 0 Å². The van der Waals surface area contributed by atoms with Crippen LogP contribution in [0, 0.1) is 3.57 Å². The van der Waals surface area contributed by atoms with Crippen molar-refractivity contribution in [2.24, 2.45) is 0 Å². The van der Waals surface area contributed by atoms with Gasteiger partial charge in [-0.2, -0.15) is 0 Å². The Morgan fingerprint density at radius 2 is 2.18 bits per heavy atom. The minimum atomic E-state index is 0.492. The molecule has 2 nitrogen and oxygen atoms in total. The van der Waals surface area contributed by atoms with Gasteiger partial charge in [0.1, 0.15) is 5.75 Å². The molecule has 0 aliphatic heterocycles. The summed E-state index contributed by atoms with van der Waals surface area (Å²) in [5, 5.41) is 10.3. The third kappa shape index (κ3) is 2.60. The Balaban J connectivity index is 2.56. The van der Waals surface area contributed by atoms with Gasteiger partial charge in [0, 0.05) is 12.1 Å². The first-order valence-electron chi connectivity index (χ1n) is 6.18. The number of rotatable bonds is 2. The lowest BCUT2D eigenvalue weighted by Crippen LogP contribution is -2.17. The van der Waals surface area contributed by atoms with Crippen molar-refractivity contribution in [1.29, 1.82) is 0 Å². The monoisotopic (exact) mass is 345 g/mol. The molecule has 0 saturated carbocycles. The molecule has 1 unspecified atom stereocenters. The Labute approximate surface area is 117 Å². The predicted octanol–water partition coefficient (Wildman–Crippen LogP) is 3.50. The van der Waals surface area contributed by atoms with E-state index < -0.39 is 0 Å². The average molecular weight is 345 g/mol. The van der Waals surface area contributed by atoms with Gasteiger partial charge in [-0.1, -0.05) is 6.92 Å². The van der Waals surface area contributed by atoms with Crippen molar-refractivity contribution in [3.8, 4) is 5.75 Å². The summed E-state index contributed by atoms with van der Waals surface area (Å²) >= 11 is 2.24. The van der Waals surface area contributed by atoms with E-state index in [-0.39, 0.29) is 0 Å². The Kier molecular flexibility index (Phi) is 3.98. The number of phenolic OH excluding ortho intramolecular Hbond substituents is 1. The lowest BCUT2D eigenvalue weighted by atomic mass is 9.81. The molecule has 0 amide bonds. The number of aromatic hydroxyl groups is 1. The van der Waals surface area contributed by atoms with Crippen LogP contribution in [0.5, 0.6) is 5.75 Å². The van der Waals surface area contributed by atoms with E-state index in [9.17, 15) is 5.11 Å². The Morgan fingerprint density at radius 1 is 1.47 bits per heavy atom. The van der Waals surface area contributed by atoms with Crippen molar-refractivity contribution in [3.05, 3.63) is 26.3 Å². The second-order valence-corrected chi connectivity index (χ2v) is 6.45. The van der Waals surface area contributed by atoms with E-state index in [1.54, 1.807) is 0 Å². The zero-order valence-electron chi connectivity index (χ0n) is 10.8. The second-order valence-electron chi connectivity index (χ2n) is 5.29. The van der Waals surface area contributed by atoms with Crippen LogP contribution in [0.15, 0.2) is 6.07 Å². The number of hydrogen-bond donors (Lipinski definition) is 1. The summed E-state index contributed by atoms with van der Waals surface area (Å²) in [6, 6.07) is 2.17. The van der Waals surface area contributed by atoms with Gasteiger partial charge in [-0.15, -0.1) is 0 Å². The SMILES string of the molecule is CC1CCCc2cc(I)c(O)c(CN(C)C)c21. The molecule has 1 atom stereocenters. The van der Waals surface area contributed by atoms with Crippen LogP contribution in [0.2, 0.25) is 0 Å². The van der Waals surface area contributed by atoms with Crippen molar-refractivity contribution >= 4 is 22.6 Å². The van der Waals surface area contributed by atoms with E-state index in [4.69, 9.17) is 0 Å². The van der Waals surface area contributed by atoms with Gasteiger partial charge in [-0.05, 0) is 79.1 Å². The lowest BCUT2D eigenvalue weighted by molar-refractivity contribution is 0.379. The second kappa shape index (κ2) is 5.14. The average Bonchev–Trinajstić information content (AvgIpc) is 2.24. The van der Waals surface area contributed by atoms with E-state index in [0.717, 1.165) is 22.1 Å². The first-order chi connectivity index (χ1) is 8.00. The molecule has 0 aromatic heterocycles. The summed E-state index contributed by atoms with van der Waals surface area (Å²) in [4.78, 5) is 2.13. The summed E-state index contributed by atoms with van der Waals surface area (Å²) in [6.45, 7) is 3.11. The minimum Gasteiger partial charge on any atom is -0.506 e. The van der Waals surface area contributed by atoms with Crippen molar-refractivity contribution in [3.63, 3.8) is 0 Å². The maximum absolute atomic E-state index is 10.3. The lowest BCUT2D eigenvalue weighted by Gasteiger charge is -2.28. The molecule has 1 aromatic rings. The van der Waals surface area contributed by atoms with E-state index in [1.807, 2.05) is 0 Å². The number of benzene rings is 1. The van der Waals surface area contributed by atoms with Crippen LogP contribution in [0.1, 0.15) is 42.4 Å². The molecule has 17 heavy (non-hydrogen) atoms. The predicted molar refractivity (Wildman–Crippen MR) is 79.6 cm³/mol. The molecule has 0 fully saturated rings. The van der Waals surface area contributed by atoms with Gasteiger partial charge in [0.25, 0.3) is 0 Å². The number of phenols is 1.